The van der Waals surface area contributed by atoms with Crippen molar-refractivity contribution in [1.29, 1.82) is 5.26 Å². The molecule has 20 heavy (non-hydrogen) atoms. The summed E-state index contributed by atoms with van der Waals surface area (Å²) in [5.74, 6) is 0.590. The third-order valence-corrected chi connectivity index (χ3v) is 3.81. The lowest BCUT2D eigenvalue weighted by Gasteiger charge is -2.09. The Kier molecular flexibility index (Phi) is 3.04. The molecular weight excluding hydrogens is 296 g/mol. The molecule has 0 aliphatic carbocycles. The van der Waals surface area contributed by atoms with Gasteiger partial charge in [-0.1, -0.05) is 11.6 Å². The molecule has 8 heteroatoms. The maximum Gasteiger partial charge on any atom is 0.146 e. The van der Waals surface area contributed by atoms with E-state index in [1.54, 1.807) is 24.7 Å². The van der Waals surface area contributed by atoms with Gasteiger partial charge in [0.15, 0.2) is 0 Å². The fourth-order valence-electron chi connectivity index (χ4n) is 2.00. The molecule has 0 fully saturated rings. The van der Waals surface area contributed by atoms with Crippen LogP contribution in [-0.2, 0) is 7.05 Å². The molecule has 100 valence electrons. The van der Waals surface area contributed by atoms with Gasteiger partial charge in [0, 0.05) is 7.05 Å². The first-order valence-electron chi connectivity index (χ1n) is 5.73. The monoisotopic (exact) mass is 304 g/mol. The van der Waals surface area contributed by atoms with E-state index in [0.717, 1.165) is 17.2 Å². The van der Waals surface area contributed by atoms with Crippen LogP contribution in [0.15, 0.2) is 12.1 Å². The first kappa shape index (κ1) is 12.8. The Morgan fingerprint density at radius 3 is 2.95 bits per heavy atom. The van der Waals surface area contributed by atoms with E-state index in [1.165, 1.54) is 0 Å². The minimum atomic E-state index is 0.490. The van der Waals surface area contributed by atoms with Crippen molar-refractivity contribution < 1.29 is 0 Å². The summed E-state index contributed by atoms with van der Waals surface area (Å²) in [7, 11) is 1.77. The predicted octanol–water partition coefficient (Wildman–Crippen LogP) is 3.00. The van der Waals surface area contributed by atoms with Gasteiger partial charge in [0.25, 0.3) is 0 Å². The topological polar surface area (TPSA) is 79.4 Å². The molecule has 0 unspecified atom stereocenters. The molecule has 0 aliphatic heterocycles. The molecular formula is C12H9ClN6S. The first-order chi connectivity index (χ1) is 9.61. The Hall–Kier alpha value is -2.17. The second-order valence-electron chi connectivity index (χ2n) is 4.22. The normalized spacial score (nSPS) is 10.7. The van der Waals surface area contributed by atoms with Gasteiger partial charge in [-0.3, -0.25) is 4.68 Å². The zero-order valence-electron chi connectivity index (χ0n) is 10.7. The molecule has 0 atom stereocenters. The highest BCUT2D eigenvalue weighted by atomic mass is 35.5. The molecule has 1 N–H and O–H groups in total. The molecule has 0 spiro atoms. The molecule has 0 aliphatic rings. The Morgan fingerprint density at radius 1 is 1.40 bits per heavy atom. The molecule has 2 heterocycles. The Labute approximate surface area is 123 Å². The van der Waals surface area contributed by atoms with E-state index in [0.29, 0.717) is 33.3 Å². The quantitative estimate of drug-likeness (QED) is 0.787. The largest absolute Gasteiger partial charge is 0.336 e. The number of halogens is 1. The minimum Gasteiger partial charge on any atom is -0.336 e. The van der Waals surface area contributed by atoms with Crippen molar-refractivity contribution in [3.8, 4) is 6.07 Å². The maximum absolute atomic E-state index is 9.23. The number of benzene rings is 1. The Morgan fingerprint density at radius 2 is 2.20 bits per heavy atom. The van der Waals surface area contributed by atoms with Gasteiger partial charge < -0.3 is 5.32 Å². The van der Waals surface area contributed by atoms with E-state index >= 15 is 0 Å². The van der Waals surface area contributed by atoms with Crippen LogP contribution in [0.5, 0.6) is 0 Å². The number of nitriles is 1. The zero-order valence-corrected chi connectivity index (χ0v) is 12.2. The van der Waals surface area contributed by atoms with Gasteiger partial charge in [0.1, 0.15) is 28.5 Å². The molecule has 0 radical (unpaired) electrons. The van der Waals surface area contributed by atoms with E-state index < -0.39 is 0 Å². The zero-order chi connectivity index (χ0) is 14.3. The summed E-state index contributed by atoms with van der Waals surface area (Å²) < 4.78 is 10.0. The van der Waals surface area contributed by atoms with Gasteiger partial charge in [0.2, 0.25) is 0 Å². The molecule has 6 nitrogen and oxygen atoms in total. The predicted molar refractivity (Wildman–Crippen MR) is 78.4 cm³/mol. The number of hydrogen-bond donors (Lipinski definition) is 1. The van der Waals surface area contributed by atoms with Gasteiger partial charge in [0.05, 0.1) is 28.1 Å². The molecule has 0 saturated carbocycles. The van der Waals surface area contributed by atoms with Crippen LogP contribution in [0, 0.1) is 18.3 Å². The van der Waals surface area contributed by atoms with Crippen LogP contribution >= 0.6 is 23.3 Å². The first-order valence-corrected chi connectivity index (χ1v) is 6.84. The molecule has 2 aromatic heterocycles. The number of aromatic nitrogens is 4. The van der Waals surface area contributed by atoms with Crippen LogP contribution in [0.3, 0.4) is 0 Å². The Bertz CT molecular complexity index is 844. The van der Waals surface area contributed by atoms with Gasteiger partial charge in [-0.25, -0.2) is 0 Å². The van der Waals surface area contributed by atoms with E-state index in [1.807, 2.05) is 6.07 Å². The molecule has 0 bridgehead atoms. The van der Waals surface area contributed by atoms with Crippen molar-refractivity contribution in [2.24, 2.45) is 7.05 Å². The van der Waals surface area contributed by atoms with Crippen LogP contribution in [0.25, 0.3) is 11.0 Å². The second kappa shape index (κ2) is 4.74. The van der Waals surface area contributed by atoms with Crippen LogP contribution < -0.4 is 5.32 Å². The summed E-state index contributed by atoms with van der Waals surface area (Å²) in [6.07, 6.45) is 0. The third-order valence-electron chi connectivity index (χ3n) is 2.95. The van der Waals surface area contributed by atoms with E-state index in [-0.39, 0.29) is 0 Å². The fourth-order valence-corrected chi connectivity index (χ4v) is 2.74. The molecule has 0 saturated heterocycles. The SMILES string of the molecule is Cc1nn(C)c(Nc2c(Cl)ccc3nsnc23)c1C#N. The third kappa shape index (κ3) is 1.90. The maximum atomic E-state index is 9.23. The van der Waals surface area contributed by atoms with Crippen molar-refractivity contribution >= 4 is 45.9 Å². The highest BCUT2D eigenvalue weighted by molar-refractivity contribution is 7.00. The van der Waals surface area contributed by atoms with Gasteiger partial charge in [-0.15, -0.1) is 0 Å². The van der Waals surface area contributed by atoms with Crippen molar-refractivity contribution in [2.45, 2.75) is 6.92 Å². The average Bonchev–Trinajstić information content (AvgIpc) is 2.98. The highest BCUT2D eigenvalue weighted by Crippen LogP contribution is 2.33. The number of anilines is 2. The second-order valence-corrected chi connectivity index (χ2v) is 5.16. The summed E-state index contributed by atoms with van der Waals surface area (Å²) in [4.78, 5) is 0. The minimum absolute atomic E-state index is 0.490. The number of hydrogen-bond acceptors (Lipinski definition) is 6. The lowest BCUT2D eigenvalue weighted by Crippen LogP contribution is -2.01. The summed E-state index contributed by atoms with van der Waals surface area (Å²) in [5, 5.41) is 17.1. The van der Waals surface area contributed by atoms with Gasteiger partial charge in [-0.2, -0.15) is 19.1 Å². The van der Waals surface area contributed by atoms with Gasteiger partial charge >= 0.3 is 0 Å². The van der Waals surface area contributed by atoms with Crippen molar-refractivity contribution in [1.82, 2.24) is 18.5 Å². The van der Waals surface area contributed by atoms with Crippen LogP contribution in [0.4, 0.5) is 11.5 Å². The smallest absolute Gasteiger partial charge is 0.146 e. The fraction of sp³-hybridized carbons (Fsp3) is 0.167. The number of aryl methyl sites for hydroxylation is 2. The number of nitrogens with zero attached hydrogens (tertiary/aromatic N) is 5. The van der Waals surface area contributed by atoms with Crippen molar-refractivity contribution in [3.05, 3.63) is 28.4 Å². The van der Waals surface area contributed by atoms with Crippen molar-refractivity contribution in [2.75, 3.05) is 5.32 Å². The summed E-state index contributed by atoms with van der Waals surface area (Å²) in [5.41, 5.74) is 3.24. The highest BCUT2D eigenvalue weighted by Gasteiger charge is 2.17. The summed E-state index contributed by atoms with van der Waals surface area (Å²) in [6.45, 7) is 1.79. The summed E-state index contributed by atoms with van der Waals surface area (Å²) >= 11 is 7.35. The number of fused-ring (bicyclic) bond motifs is 1. The van der Waals surface area contributed by atoms with Crippen LogP contribution in [0.2, 0.25) is 5.02 Å². The van der Waals surface area contributed by atoms with E-state index in [2.05, 4.69) is 25.2 Å². The average molecular weight is 305 g/mol. The lowest BCUT2D eigenvalue weighted by atomic mass is 10.2. The molecule has 1 aromatic carbocycles. The van der Waals surface area contributed by atoms with E-state index in [4.69, 9.17) is 11.6 Å². The van der Waals surface area contributed by atoms with E-state index in [9.17, 15) is 5.26 Å². The summed E-state index contributed by atoms with van der Waals surface area (Å²) in [6, 6.07) is 5.71. The van der Waals surface area contributed by atoms with Crippen molar-refractivity contribution in [3.63, 3.8) is 0 Å². The molecule has 3 rings (SSSR count). The van der Waals surface area contributed by atoms with Gasteiger partial charge in [-0.05, 0) is 19.1 Å². The standard InChI is InChI=1S/C12H9ClN6S/c1-6-7(5-14)12(19(2)16-6)15-10-8(13)3-4-9-11(10)18-20-17-9/h3-4,15H,1-2H3. The lowest BCUT2D eigenvalue weighted by molar-refractivity contribution is 0.765. The molecule has 3 aromatic rings. The molecule has 0 amide bonds. The number of rotatable bonds is 2. The Balaban J connectivity index is 2.17. The number of nitrogens with one attached hydrogen (secondary N) is 1. The van der Waals surface area contributed by atoms with Crippen LogP contribution in [0.1, 0.15) is 11.3 Å². The van der Waals surface area contributed by atoms with Crippen LogP contribution in [-0.4, -0.2) is 18.5 Å².